The maximum Gasteiger partial charge on any atom is 0.187 e. The normalized spacial score (nSPS) is 11.3. The van der Waals surface area contributed by atoms with Crippen LogP contribution >= 0.6 is 0 Å². The zero-order valence-corrected chi connectivity index (χ0v) is 72.6. The molecule has 0 unspecified atom stereocenters. The molecule has 20 aromatic carbocycles. The topological polar surface area (TPSA) is 69.3 Å². The monoisotopic (exact) mass is 1730 g/mol. The van der Waals surface area contributed by atoms with Gasteiger partial charge in [0.1, 0.15) is 46.5 Å². The van der Waals surface area contributed by atoms with Crippen molar-refractivity contribution in [3.8, 4) is 56.6 Å². The fraction of sp³-hybridized carbons (Fsp3) is 0.0690. The van der Waals surface area contributed by atoms with E-state index in [1.165, 1.54) is 48.5 Å². The van der Waals surface area contributed by atoms with Gasteiger partial charge in [-0.1, -0.05) is 181 Å². The second-order valence-electron chi connectivity index (χ2n) is 33.4. The summed E-state index contributed by atoms with van der Waals surface area (Å²) < 4.78 is 134. The first-order valence-corrected chi connectivity index (χ1v) is 42.7. The fourth-order valence-corrected chi connectivity index (χ4v) is 18.6. The van der Waals surface area contributed by atoms with Gasteiger partial charge in [0.2, 0.25) is 0 Å². The predicted molar refractivity (Wildman–Crippen MR) is 520 cm³/mol. The molecule has 0 N–H and O–H groups in total. The van der Waals surface area contributed by atoms with E-state index < -0.39 is 46.5 Å². The average molecular weight is 1730 g/mol. The van der Waals surface area contributed by atoms with Crippen LogP contribution in [0.4, 0.5) is 115 Å². The molecule has 0 aliphatic carbocycles. The maximum atomic E-state index is 16.9. The Hall–Kier alpha value is -16.9. The molecule has 0 aromatic heterocycles. The highest BCUT2D eigenvalue weighted by atomic mass is 19.2. The minimum atomic E-state index is -0.651. The number of hydrogen-bond acceptors (Lipinski definition) is 6. The number of anilines is 12. The minimum absolute atomic E-state index is 0.0263. The Morgan fingerprint density at radius 2 is 0.492 bits per heavy atom. The summed E-state index contributed by atoms with van der Waals surface area (Å²) in [5, 5.41) is 28.9. The van der Waals surface area contributed by atoms with Gasteiger partial charge < -0.3 is 19.6 Å². The quantitative estimate of drug-likeness (QED) is 0.0545. The van der Waals surface area contributed by atoms with Crippen LogP contribution in [-0.4, -0.2) is 0 Å². The van der Waals surface area contributed by atoms with Crippen LogP contribution in [0.2, 0.25) is 0 Å². The fourth-order valence-electron chi connectivity index (χ4n) is 18.6. The van der Waals surface area contributed by atoms with Gasteiger partial charge in [0.05, 0.1) is 81.9 Å². The van der Waals surface area contributed by atoms with Gasteiger partial charge in [0, 0.05) is 90.8 Å². The first-order chi connectivity index (χ1) is 63.9. The van der Waals surface area contributed by atoms with Crippen molar-refractivity contribution in [2.24, 2.45) is 0 Å². The van der Waals surface area contributed by atoms with Crippen LogP contribution in [0.1, 0.15) is 55.6 Å². The second-order valence-corrected chi connectivity index (χ2v) is 33.4. The van der Waals surface area contributed by atoms with Crippen molar-refractivity contribution < 1.29 is 35.1 Å². The van der Waals surface area contributed by atoms with Crippen LogP contribution in [0.5, 0.6) is 0 Å². The number of nitriles is 2. The predicted octanol–water partition coefficient (Wildman–Crippen LogP) is 34.1. The van der Waals surface area contributed by atoms with Gasteiger partial charge in [-0.25, -0.2) is 44.8 Å². The van der Waals surface area contributed by atoms with Crippen LogP contribution in [0.15, 0.2) is 315 Å². The Morgan fingerprint density at radius 1 is 0.235 bits per heavy atom. The van der Waals surface area contributed by atoms with E-state index in [-0.39, 0.29) is 45.0 Å². The van der Waals surface area contributed by atoms with E-state index >= 15 is 35.1 Å². The van der Waals surface area contributed by atoms with E-state index in [9.17, 15) is 10.5 Å². The summed E-state index contributed by atoms with van der Waals surface area (Å²) in [5.41, 5.74) is 15.9. The smallest absolute Gasteiger partial charge is 0.187 e. The Morgan fingerprint density at radius 3 is 0.750 bits per heavy atom. The van der Waals surface area contributed by atoms with Gasteiger partial charge >= 0.3 is 0 Å². The van der Waals surface area contributed by atoms with E-state index in [0.29, 0.717) is 101 Å². The molecular weight excluding hydrogens is 1660 g/mol. The summed E-state index contributed by atoms with van der Waals surface area (Å²) in [6.45, 7) is 30.4. The lowest BCUT2D eigenvalue weighted by atomic mass is 9.91. The maximum absolute atomic E-state index is 16.9. The molecule has 20 rings (SSSR count). The highest BCUT2D eigenvalue weighted by Crippen LogP contribution is 2.54. The van der Waals surface area contributed by atoms with Crippen molar-refractivity contribution in [2.75, 3.05) is 19.6 Å². The molecule has 636 valence electrons. The van der Waals surface area contributed by atoms with Crippen molar-refractivity contribution in [2.45, 2.75) is 55.4 Å². The van der Waals surface area contributed by atoms with Crippen LogP contribution in [0, 0.1) is 138 Å². The summed E-state index contributed by atoms with van der Waals surface area (Å²) in [5.74, 6) is -5.00. The largest absolute Gasteiger partial charge is 0.307 e. The number of nitrogens with zero attached hydrogens (tertiary/aromatic N) is 8. The molecule has 0 spiro atoms. The molecule has 132 heavy (non-hydrogen) atoms. The molecule has 0 radical (unpaired) electrons. The lowest BCUT2D eigenvalue weighted by Gasteiger charge is -2.30. The number of halogens is 8. The van der Waals surface area contributed by atoms with Gasteiger partial charge in [0.25, 0.3) is 0 Å². The van der Waals surface area contributed by atoms with Gasteiger partial charge in [-0.15, -0.1) is 0 Å². The molecule has 0 aliphatic heterocycles. The third kappa shape index (κ3) is 14.9. The Kier molecular flexibility index (Phi) is 21.8. The third-order valence-corrected chi connectivity index (χ3v) is 25.4. The lowest BCUT2D eigenvalue weighted by Crippen LogP contribution is -2.14. The zero-order valence-electron chi connectivity index (χ0n) is 72.6. The Labute approximate surface area is 757 Å². The summed E-state index contributed by atoms with van der Waals surface area (Å²) in [7, 11) is 0. The number of hydrogen-bond donors (Lipinski definition) is 0. The zero-order chi connectivity index (χ0) is 91.9. The minimum Gasteiger partial charge on any atom is -0.307 e. The van der Waals surface area contributed by atoms with Gasteiger partial charge in [-0.3, -0.25) is 0 Å². The van der Waals surface area contributed by atoms with Crippen molar-refractivity contribution in [1.29, 1.82) is 10.5 Å². The van der Waals surface area contributed by atoms with Gasteiger partial charge in [0.15, 0.2) is 11.4 Å². The standard InChI is InChI=1S/2C58H38F4N4/c1-33-6-20-43(35(3)26-33)47-28-51(61)55(30-49(47)59)65(41-16-8-37(32-63)9-17-41)53-24-12-38-11-23-46-54(25-13-39-10-22-45(53)57(38)58(39)46)66(42-18-14-40(64-5)15-19-42)56-31-50(60)48(29-52(56)62)44-21-7-34(2)27-36(44)4;1-33-8-6-10-43(35(33)3)47-28-51(61)55(30-49(47)59)65(41-20-12-37(32-63)13-21-41)53-26-16-38-15-25-46-54(27-17-39-14-24-45(53)57(38)58(39)46)66(42-22-18-40(64-5)19-23-42)56-31-50(60)48(29-52(56)62)44-11-7-9-34(2)36(44)4/h2*6-31H,1-4H3. The van der Waals surface area contributed by atoms with Crippen molar-refractivity contribution in [3.05, 3.63) is 440 Å². The SMILES string of the molecule is [C-]#[N+]c1ccc(N(c2cc(F)c(-c3ccc(C)cc3C)cc2F)c2ccc3ccc4c(N(c5ccc(C#N)cc5)c5cc(F)c(-c6ccc(C)cc6C)cc5F)ccc5ccc2c3c54)cc1.[C-]#[N+]c1ccc(N(c2cc(F)c(-c3cccc(C)c3C)cc2F)c2ccc3ccc4c(N(c5ccc(C#N)cc5)c5cc(F)c(-c6cccc(C)c6C)cc5F)ccc5ccc2c3c54)cc1. The van der Waals surface area contributed by atoms with E-state index in [1.807, 2.05) is 201 Å². The average Bonchev–Trinajstić information content (AvgIpc) is 0.717. The van der Waals surface area contributed by atoms with Crippen LogP contribution < -0.4 is 19.6 Å². The lowest BCUT2D eigenvalue weighted by molar-refractivity contribution is 0.604. The molecule has 0 saturated heterocycles. The van der Waals surface area contributed by atoms with Gasteiger partial charge in [-0.05, 0) is 275 Å². The highest BCUT2D eigenvalue weighted by Gasteiger charge is 2.31. The molecule has 0 bridgehead atoms. The molecule has 20 aromatic rings. The van der Waals surface area contributed by atoms with Crippen LogP contribution in [0.3, 0.4) is 0 Å². The second kappa shape index (κ2) is 34.0. The van der Waals surface area contributed by atoms with E-state index in [2.05, 4.69) is 21.8 Å². The van der Waals surface area contributed by atoms with Crippen molar-refractivity contribution >= 4 is 144 Å². The van der Waals surface area contributed by atoms with E-state index in [1.54, 1.807) is 141 Å². The van der Waals surface area contributed by atoms with E-state index in [0.717, 1.165) is 98.4 Å². The number of benzene rings is 20. The van der Waals surface area contributed by atoms with Crippen molar-refractivity contribution in [3.63, 3.8) is 0 Å². The van der Waals surface area contributed by atoms with Crippen molar-refractivity contribution in [1.82, 2.24) is 0 Å². The Balaban J connectivity index is 0.000000170. The molecule has 0 fully saturated rings. The molecule has 0 aliphatic rings. The summed E-state index contributed by atoms with van der Waals surface area (Å²) in [4.78, 5) is 13.8. The summed E-state index contributed by atoms with van der Waals surface area (Å²) in [6.07, 6.45) is 0. The third-order valence-electron chi connectivity index (χ3n) is 25.4. The molecular formula is C116H76F8N8. The first-order valence-electron chi connectivity index (χ1n) is 42.7. The summed E-state index contributed by atoms with van der Waals surface area (Å²) >= 11 is 0. The molecule has 8 nitrogen and oxygen atoms in total. The van der Waals surface area contributed by atoms with Gasteiger partial charge in [-0.2, -0.15) is 10.5 Å². The van der Waals surface area contributed by atoms with Crippen LogP contribution in [-0.2, 0) is 0 Å². The first kappa shape index (κ1) is 84.6. The molecule has 0 atom stereocenters. The molecule has 0 saturated carbocycles. The van der Waals surface area contributed by atoms with E-state index in [4.69, 9.17) is 13.1 Å². The summed E-state index contributed by atoms with van der Waals surface area (Å²) in [6, 6.07) is 94.1. The number of rotatable bonds is 16. The highest BCUT2D eigenvalue weighted by molar-refractivity contribution is 6.30. The Bertz CT molecular complexity index is 7810. The molecule has 0 amide bonds. The number of aryl methyl sites for hydroxylation is 6. The molecule has 16 heteroatoms. The van der Waals surface area contributed by atoms with Crippen LogP contribution in [0.25, 0.3) is 119 Å². The molecule has 0 heterocycles.